The van der Waals surface area contributed by atoms with Crippen LogP contribution in [0, 0.1) is 11.8 Å². The van der Waals surface area contributed by atoms with Gasteiger partial charge in [-0.2, -0.15) is 0 Å². The highest BCUT2D eigenvalue weighted by Crippen LogP contribution is 2.49. The summed E-state index contributed by atoms with van der Waals surface area (Å²) < 4.78 is 5.84. The van der Waals surface area contributed by atoms with Gasteiger partial charge in [0.2, 0.25) is 11.8 Å². The van der Waals surface area contributed by atoms with Crippen LogP contribution in [-0.4, -0.2) is 35.7 Å². The Hall–Kier alpha value is -5.01. The Labute approximate surface area is 246 Å². The lowest BCUT2D eigenvalue weighted by molar-refractivity contribution is -0.139. The summed E-state index contributed by atoms with van der Waals surface area (Å²) in [5.41, 5.74) is 3.04. The molecule has 2 saturated heterocycles. The summed E-state index contributed by atoms with van der Waals surface area (Å²) in [5.74, 6) is -3.13. The summed E-state index contributed by atoms with van der Waals surface area (Å²) in [5, 5.41) is 0.481. The van der Waals surface area contributed by atoms with Crippen LogP contribution in [0.3, 0.4) is 0 Å². The maximum atomic E-state index is 13.9. The number of para-hydroxylation sites is 1. The molecule has 8 heteroatoms. The number of nitrogens with zero attached hydrogens (tertiary/aromatic N) is 2. The highest BCUT2D eigenvalue weighted by Gasteiger charge is 2.65. The lowest BCUT2D eigenvalue weighted by Gasteiger charge is -2.36. The number of halogens is 1. The number of carbonyl (C=O) groups excluding carboxylic acids is 4. The van der Waals surface area contributed by atoms with Crippen molar-refractivity contribution in [2.24, 2.45) is 11.8 Å². The van der Waals surface area contributed by atoms with Crippen LogP contribution in [0.25, 0.3) is 6.08 Å². The van der Waals surface area contributed by atoms with Gasteiger partial charge in [0.1, 0.15) is 11.8 Å². The first-order valence-electron chi connectivity index (χ1n) is 13.5. The Morgan fingerprint density at radius 2 is 1.36 bits per heavy atom. The Morgan fingerprint density at radius 3 is 2.10 bits per heavy atom. The van der Waals surface area contributed by atoms with Crippen LogP contribution < -0.4 is 14.5 Å². The second-order valence-electron chi connectivity index (χ2n) is 10.4. The van der Waals surface area contributed by atoms with E-state index in [0.717, 1.165) is 16.2 Å². The number of rotatable bonds is 5. The number of fused-ring (bicyclic) bond motifs is 5. The molecule has 0 spiro atoms. The Bertz CT molecular complexity index is 1770. The van der Waals surface area contributed by atoms with Crippen molar-refractivity contribution in [2.75, 3.05) is 9.80 Å². The predicted octanol–water partition coefficient (Wildman–Crippen LogP) is 5.57. The van der Waals surface area contributed by atoms with Crippen LogP contribution >= 0.6 is 11.6 Å². The molecule has 0 N–H and O–H groups in total. The first-order valence-corrected chi connectivity index (χ1v) is 13.9. The third kappa shape index (κ3) is 4.13. The van der Waals surface area contributed by atoms with E-state index in [4.69, 9.17) is 16.3 Å². The van der Waals surface area contributed by atoms with Crippen molar-refractivity contribution in [3.63, 3.8) is 0 Å². The second kappa shape index (κ2) is 10.1. The molecule has 3 aliphatic heterocycles. The topological polar surface area (TPSA) is 84.0 Å². The van der Waals surface area contributed by atoms with E-state index >= 15 is 0 Å². The van der Waals surface area contributed by atoms with Gasteiger partial charge in [-0.1, -0.05) is 72.3 Å². The molecule has 0 saturated carbocycles. The lowest BCUT2D eigenvalue weighted by atomic mass is 9.89. The molecule has 2 amide bonds. The van der Waals surface area contributed by atoms with Gasteiger partial charge in [0.25, 0.3) is 0 Å². The number of imide groups is 1. The molecule has 42 heavy (non-hydrogen) atoms. The van der Waals surface area contributed by atoms with Gasteiger partial charge in [-0.05, 0) is 60.2 Å². The maximum absolute atomic E-state index is 13.9. The fraction of sp³-hybridized carbons (Fsp3) is 0.118. The van der Waals surface area contributed by atoms with Crippen LogP contribution in [0.1, 0.15) is 21.5 Å². The number of hydrogen-bond donors (Lipinski definition) is 0. The molecular weight excluding hydrogens is 552 g/mol. The van der Waals surface area contributed by atoms with Crippen LogP contribution in [-0.2, 0) is 14.4 Å². The average molecular weight is 575 g/mol. The highest BCUT2D eigenvalue weighted by molar-refractivity contribution is 6.31. The molecule has 4 atom stereocenters. The number of ketones is 1. The molecule has 3 heterocycles. The van der Waals surface area contributed by atoms with E-state index in [0.29, 0.717) is 21.8 Å². The van der Waals surface area contributed by atoms with Crippen molar-refractivity contribution >= 4 is 52.6 Å². The van der Waals surface area contributed by atoms with E-state index in [2.05, 4.69) is 0 Å². The van der Waals surface area contributed by atoms with Crippen LogP contribution in [0.2, 0.25) is 5.02 Å². The first kappa shape index (κ1) is 25.9. The fourth-order valence-electron chi connectivity index (χ4n) is 6.24. The molecule has 7 nitrogen and oxygen atoms in total. The minimum Gasteiger partial charge on any atom is -0.425 e. The van der Waals surface area contributed by atoms with Gasteiger partial charge in [-0.3, -0.25) is 14.4 Å². The monoisotopic (exact) mass is 574 g/mol. The SMILES string of the molecule is O=C(c1ccccc1)c1ccc(OC(=O)[C@H]2[C@H]3C(=O)N(c4ccc(Cl)cc4)C(=O)[C@H]3[C@@H]3C=Cc4ccccc4N32)cc1. The molecule has 4 aromatic rings. The summed E-state index contributed by atoms with van der Waals surface area (Å²) in [7, 11) is 0. The number of hydrogen-bond acceptors (Lipinski definition) is 6. The second-order valence-corrected chi connectivity index (χ2v) is 10.9. The van der Waals surface area contributed by atoms with E-state index in [-0.39, 0.29) is 17.4 Å². The predicted molar refractivity (Wildman–Crippen MR) is 158 cm³/mol. The summed E-state index contributed by atoms with van der Waals surface area (Å²) in [4.78, 5) is 57.5. The van der Waals surface area contributed by atoms with Crippen molar-refractivity contribution in [3.8, 4) is 5.75 Å². The molecule has 206 valence electrons. The zero-order chi connectivity index (χ0) is 29.0. The maximum Gasteiger partial charge on any atom is 0.335 e. The zero-order valence-electron chi connectivity index (χ0n) is 22.1. The number of benzene rings is 4. The van der Waals surface area contributed by atoms with Gasteiger partial charge in [0.15, 0.2) is 5.78 Å². The molecule has 0 radical (unpaired) electrons. The normalized spacial score (nSPS) is 22.0. The molecular formula is C34H23ClN2O5. The summed E-state index contributed by atoms with van der Waals surface area (Å²) in [6, 6.07) is 27.7. The lowest BCUT2D eigenvalue weighted by Crippen LogP contribution is -2.50. The third-order valence-electron chi connectivity index (χ3n) is 8.11. The molecule has 0 bridgehead atoms. The molecule has 3 aliphatic rings. The van der Waals surface area contributed by atoms with Gasteiger partial charge < -0.3 is 9.64 Å². The summed E-state index contributed by atoms with van der Waals surface area (Å²) >= 11 is 6.04. The number of amides is 2. The van der Waals surface area contributed by atoms with E-state index in [1.807, 2.05) is 47.4 Å². The minimum absolute atomic E-state index is 0.149. The van der Waals surface area contributed by atoms with E-state index in [1.54, 1.807) is 72.8 Å². The van der Waals surface area contributed by atoms with Crippen molar-refractivity contribution in [2.45, 2.75) is 12.1 Å². The van der Waals surface area contributed by atoms with Gasteiger partial charge >= 0.3 is 5.97 Å². The highest BCUT2D eigenvalue weighted by atomic mass is 35.5. The molecule has 7 rings (SSSR count). The standard InChI is InChI=1S/C34H23ClN2O5/c35-23-13-15-24(16-14-23)36-32(39)28-27-19-12-20-6-4-5-9-26(20)37(27)30(29(28)33(36)40)34(41)42-25-17-10-22(11-18-25)31(38)21-7-2-1-3-8-21/h1-19,27-30H/t27-,28-,29-,30+/m0/s1. The van der Waals surface area contributed by atoms with Crippen molar-refractivity contribution in [3.05, 3.63) is 131 Å². The van der Waals surface area contributed by atoms with E-state index < -0.39 is 35.8 Å². The summed E-state index contributed by atoms with van der Waals surface area (Å²) in [6.45, 7) is 0. The Kier molecular flexibility index (Phi) is 6.25. The quantitative estimate of drug-likeness (QED) is 0.134. The van der Waals surface area contributed by atoms with Crippen LogP contribution in [0.4, 0.5) is 11.4 Å². The van der Waals surface area contributed by atoms with Crippen molar-refractivity contribution in [1.29, 1.82) is 0 Å². The van der Waals surface area contributed by atoms with Gasteiger partial charge in [0.05, 0.1) is 23.6 Å². The number of carbonyl (C=O) groups is 4. The smallest absolute Gasteiger partial charge is 0.335 e. The molecule has 0 aromatic heterocycles. The largest absolute Gasteiger partial charge is 0.425 e. The van der Waals surface area contributed by atoms with E-state index in [1.165, 1.54) is 0 Å². The average Bonchev–Trinajstić information content (AvgIpc) is 3.50. The van der Waals surface area contributed by atoms with Gasteiger partial charge in [-0.25, -0.2) is 9.69 Å². The Balaban J connectivity index is 1.22. The zero-order valence-corrected chi connectivity index (χ0v) is 22.8. The fourth-order valence-corrected chi connectivity index (χ4v) is 6.36. The molecule has 2 fully saturated rings. The molecule has 0 unspecified atom stereocenters. The van der Waals surface area contributed by atoms with Crippen LogP contribution in [0.5, 0.6) is 5.75 Å². The van der Waals surface area contributed by atoms with Crippen molar-refractivity contribution in [1.82, 2.24) is 0 Å². The third-order valence-corrected chi connectivity index (χ3v) is 8.36. The number of anilines is 2. The van der Waals surface area contributed by atoms with Crippen molar-refractivity contribution < 1.29 is 23.9 Å². The molecule has 0 aliphatic carbocycles. The van der Waals surface area contributed by atoms with Gasteiger partial charge in [-0.15, -0.1) is 0 Å². The summed E-state index contributed by atoms with van der Waals surface area (Å²) in [6.07, 6.45) is 3.81. The first-order chi connectivity index (χ1) is 20.4. The molecule has 4 aromatic carbocycles. The van der Waals surface area contributed by atoms with Gasteiger partial charge in [0, 0.05) is 21.8 Å². The Morgan fingerprint density at radius 1 is 0.714 bits per heavy atom. The van der Waals surface area contributed by atoms with E-state index in [9.17, 15) is 19.2 Å². The number of esters is 1. The number of ether oxygens (including phenoxy) is 1. The minimum atomic E-state index is -1.05. The van der Waals surface area contributed by atoms with Crippen LogP contribution in [0.15, 0.2) is 109 Å².